The zero-order valence-corrected chi connectivity index (χ0v) is 12.7. The second-order valence-corrected chi connectivity index (χ2v) is 5.35. The Hall–Kier alpha value is -2.31. The lowest BCUT2D eigenvalue weighted by Gasteiger charge is -2.16. The van der Waals surface area contributed by atoms with Gasteiger partial charge < -0.3 is 10.4 Å². The standard InChI is InChI=1S/C17H18F2N2O2/c1-21(9-12-2-4-13(11-22)5-3-12)10-17(23)20-16-7-14(18)6-15(19)8-16/h2-8,22H,9-11H2,1H3,(H,20,23). The lowest BCUT2D eigenvalue weighted by Crippen LogP contribution is -2.29. The van der Waals surface area contributed by atoms with Gasteiger partial charge in [0.25, 0.3) is 0 Å². The van der Waals surface area contributed by atoms with E-state index in [1.165, 1.54) is 0 Å². The number of anilines is 1. The molecule has 0 saturated carbocycles. The number of hydrogen-bond donors (Lipinski definition) is 2. The SMILES string of the molecule is CN(CC(=O)Nc1cc(F)cc(F)c1)Cc1ccc(CO)cc1. The third-order valence-corrected chi connectivity index (χ3v) is 3.22. The van der Waals surface area contributed by atoms with Crippen molar-refractivity contribution in [3.8, 4) is 0 Å². The summed E-state index contributed by atoms with van der Waals surface area (Å²) in [6, 6.07) is 10.3. The van der Waals surface area contributed by atoms with E-state index in [1.54, 1.807) is 11.9 Å². The third kappa shape index (κ3) is 5.43. The van der Waals surface area contributed by atoms with Gasteiger partial charge in [-0.2, -0.15) is 0 Å². The fourth-order valence-electron chi connectivity index (χ4n) is 2.19. The van der Waals surface area contributed by atoms with Crippen molar-refractivity contribution in [1.29, 1.82) is 0 Å². The second kappa shape index (κ2) is 7.80. The smallest absolute Gasteiger partial charge is 0.238 e. The molecule has 0 aliphatic rings. The Kier molecular flexibility index (Phi) is 5.78. The molecule has 0 unspecified atom stereocenters. The number of aliphatic hydroxyl groups excluding tert-OH is 1. The minimum atomic E-state index is -0.738. The number of nitrogens with one attached hydrogen (secondary N) is 1. The molecular formula is C17H18F2N2O2. The fraction of sp³-hybridized carbons (Fsp3) is 0.235. The predicted octanol–water partition coefficient (Wildman–Crippen LogP) is 2.53. The number of likely N-dealkylation sites (N-methyl/N-ethyl adjacent to an activating group) is 1. The van der Waals surface area contributed by atoms with Crippen molar-refractivity contribution in [3.63, 3.8) is 0 Å². The highest BCUT2D eigenvalue weighted by Gasteiger charge is 2.09. The Balaban J connectivity index is 1.88. The summed E-state index contributed by atoms with van der Waals surface area (Å²) in [4.78, 5) is 13.7. The molecule has 2 aromatic carbocycles. The van der Waals surface area contributed by atoms with Crippen LogP contribution < -0.4 is 5.32 Å². The van der Waals surface area contributed by atoms with Gasteiger partial charge in [-0.3, -0.25) is 9.69 Å². The number of nitrogens with zero attached hydrogens (tertiary/aromatic N) is 1. The number of rotatable bonds is 6. The molecule has 0 fully saturated rings. The molecule has 2 aromatic rings. The van der Waals surface area contributed by atoms with Crippen LogP contribution in [0, 0.1) is 11.6 Å². The van der Waals surface area contributed by atoms with E-state index in [-0.39, 0.29) is 24.7 Å². The van der Waals surface area contributed by atoms with Gasteiger partial charge in [-0.1, -0.05) is 24.3 Å². The fourth-order valence-corrected chi connectivity index (χ4v) is 2.19. The number of carbonyl (C=O) groups is 1. The van der Waals surface area contributed by atoms with Crippen LogP contribution in [0.25, 0.3) is 0 Å². The number of hydrogen-bond acceptors (Lipinski definition) is 3. The molecule has 2 rings (SSSR count). The average molecular weight is 320 g/mol. The van der Waals surface area contributed by atoms with Crippen molar-refractivity contribution >= 4 is 11.6 Å². The van der Waals surface area contributed by atoms with Crippen molar-refractivity contribution in [1.82, 2.24) is 4.90 Å². The van der Waals surface area contributed by atoms with Gasteiger partial charge >= 0.3 is 0 Å². The molecule has 0 aliphatic heterocycles. The summed E-state index contributed by atoms with van der Waals surface area (Å²) < 4.78 is 26.1. The minimum Gasteiger partial charge on any atom is -0.392 e. The molecule has 4 nitrogen and oxygen atoms in total. The Bertz CT molecular complexity index is 655. The topological polar surface area (TPSA) is 52.6 Å². The summed E-state index contributed by atoms with van der Waals surface area (Å²) in [5.74, 6) is -1.83. The van der Waals surface area contributed by atoms with E-state index in [9.17, 15) is 13.6 Å². The molecule has 0 spiro atoms. The summed E-state index contributed by atoms with van der Waals surface area (Å²) in [5, 5.41) is 11.5. The number of aliphatic hydroxyl groups is 1. The number of carbonyl (C=O) groups excluding carboxylic acids is 1. The summed E-state index contributed by atoms with van der Waals surface area (Å²) in [6.07, 6.45) is 0. The first-order chi connectivity index (χ1) is 11.0. The van der Waals surface area contributed by atoms with Crippen LogP contribution in [-0.4, -0.2) is 29.5 Å². The Morgan fingerprint density at radius 2 is 1.65 bits per heavy atom. The van der Waals surface area contributed by atoms with E-state index in [1.807, 2.05) is 24.3 Å². The van der Waals surface area contributed by atoms with Gasteiger partial charge in [-0.05, 0) is 30.3 Å². The Morgan fingerprint density at radius 3 is 2.22 bits per heavy atom. The summed E-state index contributed by atoms with van der Waals surface area (Å²) in [6.45, 7) is 0.610. The highest BCUT2D eigenvalue weighted by Crippen LogP contribution is 2.13. The van der Waals surface area contributed by atoms with E-state index in [4.69, 9.17) is 5.11 Å². The molecule has 0 radical (unpaired) electrons. The molecule has 122 valence electrons. The van der Waals surface area contributed by atoms with Gasteiger partial charge in [-0.25, -0.2) is 8.78 Å². The molecule has 6 heteroatoms. The van der Waals surface area contributed by atoms with Gasteiger partial charge in [-0.15, -0.1) is 0 Å². The first-order valence-corrected chi connectivity index (χ1v) is 7.09. The van der Waals surface area contributed by atoms with E-state index in [2.05, 4.69) is 5.32 Å². The zero-order valence-electron chi connectivity index (χ0n) is 12.7. The second-order valence-electron chi connectivity index (χ2n) is 5.35. The monoisotopic (exact) mass is 320 g/mol. The van der Waals surface area contributed by atoms with Gasteiger partial charge in [0.05, 0.1) is 13.2 Å². The molecule has 0 saturated heterocycles. The molecule has 0 bridgehead atoms. The molecular weight excluding hydrogens is 302 g/mol. The van der Waals surface area contributed by atoms with Gasteiger partial charge in [0.15, 0.2) is 0 Å². The highest BCUT2D eigenvalue weighted by atomic mass is 19.1. The van der Waals surface area contributed by atoms with E-state index < -0.39 is 11.6 Å². The van der Waals surface area contributed by atoms with Crippen molar-refractivity contribution in [3.05, 3.63) is 65.2 Å². The molecule has 0 aliphatic carbocycles. The largest absolute Gasteiger partial charge is 0.392 e. The van der Waals surface area contributed by atoms with Gasteiger partial charge in [0, 0.05) is 18.3 Å². The van der Waals surface area contributed by atoms with Crippen molar-refractivity contribution in [2.24, 2.45) is 0 Å². The van der Waals surface area contributed by atoms with Gasteiger partial charge in [0.1, 0.15) is 11.6 Å². The molecule has 1 amide bonds. The first kappa shape index (κ1) is 17.1. The number of amides is 1. The molecule has 23 heavy (non-hydrogen) atoms. The van der Waals surface area contributed by atoms with E-state index >= 15 is 0 Å². The highest BCUT2D eigenvalue weighted by molar-refractivity contribution is 5.92. The lowest BCUT2D eigenvalue weighted by molar-refractivity contribution is -0.117. The molecule has 0 atom stereocenters. The van der Waals surface area contributed by atoms with Crippen LogP contribution in [0.5, 0.6) is 0 Å². The van der Waals surface area contributed by atoms with Crippen LogP contribution in [0.1, 0.15) is 11.1 Å². The number of halogens is 2. The quantitative estimate of drug-likeness (QED) is 0.860. The van der Waals surface area contributed by atoms with Crippen molar-refractivity contribution in [2.45, 2.75) is 13.2 Å². The van der Waals surface area contributed by atoms with Crippen LogP contribution in [0.4, 0.5) is 14.5 Å². The summed E-state index contributed by atoms with van der Waals surface area (Å²) in [5.41, 5.74) is 1.91. The van der Waals surface area contributed by atoms with Crippen molar-refractivity contribution in [2.75, 3.05) is 18.9 Å². The predicted molar refractivity (Wildman–Crippen MR) is 83.7 cm³/mol. The van der Waals surface area contributed by atoms with Crippen LogP contribution in [0.3, 0.4) is 0 Å². The van der Waals surface area contributed by atoms with Gasteiger partial charge in [0.2, 0.25) is 5.91 Å². The minimum absolute atomic E-state index is 0.0112. The zero-order chi connectivity index (χ0) is 16.8. The van der Waals surface area contributed by atoms with Crippen LogP contribution >= 0.6 is 0 Å². The average Bonchev–Trinajstić information content (AvgIpc) is 2.46. The lowest BCUT2D eigenvalue weighted by atomic mass is 10.1. The summed E-state index contributed by atoms with van der Waals surface area (Å²) in [7, 11) is 1.77. The molecule has 0 heterocycles. The normalized spacial score (nSPS) is 10.8. The maximum absolute atomic E-state index is 13.1. The number of benzene rings is 2. The van der Waals surface area contributed by atoms with Crippen LogP contribution in [0.2, 0.25) is 0 Å². The maximum atomic E-state index is 13.1. The van der Waals surface area contributed by atoms with Crippen molar-refractivity contribution < 1.29 is 18.7 Å². The molecule has 0 aromatic heterocycles. The maximum Gasteiger partial charge on any atom is 0.238 e. The van der Waals surface area contributed by atoms with Crippen LogP contribution in [0.15, 0.2) is 42.5 Å². The third-order valence-electron chi connectivity index (χ3n) is 3.22. The van der Waals surface area contributed by atoms with E-state index in [0.29, 0.717) is 6.54 Å². The molecule has 2 N–H and O–H groups in total. The van der Waals surface area contributed by atoms with Crippen LogP contribution in [-0.2, 0) is 17.9 Å². The first-order valence-electron chi connectivity index (χ1n) is 7.09. The summed E-state index contributed by atoms with van der Waals surface area (Å²) >= 11 is 0. The van der Waals surface area contributed by atoms with E-state index in [0.717, 1.165) is 29.3 Å². The Labute approximate surface area is 133 Å². The Morgan fingerprint density at radius 1 is 1.09 bits per heavy atom.